The smallest absolute Gasteiger partial charge is 0.379 e. The molecule has 0 aromatic rings. The zero-order valence-corrected chi connectivity index (χ0v) is 12.9. The maximum atomic E-state index is 12.2. The minimum Gasteiger partial charge on any atom is -0.379 e. The largest absolute Gasteiger partial charge is 0.411 e. The van der Waals surface area contributed by atoms with Gasteiger partial charge in [-0.05, 0) is 12.8 Å². The summed E-state index contributed by atoms with van der Waals surface area (Å²) in [5, 5.41) is 0. The highest BCUT2D eigenvalue weighted by Gasteiger charge is 2.38. The average Bonchev–Trinajstić information content (AvgIpc) is 2.86. The lowest BCUT2D eigenvalue weighted by Crippen LogP contribution is -2.47. The second-order valence-corrected chi connectivity index (χ2v) is 6.00. The number of morpholine rings is 1. The Labute approximate surface area is 128 Å². The van der Waals surface area contributed by atoms with Crippen LogP contribution in [0.5, 0.6) is 0 Å². The van der Waals surface area contributed by atoms with Crippen LogP contribution >= 0.6 is 0 Å². The number of likely N-dealkylation sites (tertiary alicyclic amines) is 1. The second kappa shape index (κ2) is 7.14. The van der Waals surface area contributed by atoms with Crippen molar-refractivity contribution >= 4 is 5.91 Å². The molecular formula is C14H23F3N2O3. The molecule has 2 aliphatic heterocycles. The fraction of sp³-hybridized carbons (Fsp3) is 0.929. The molecule has 3 atom stereocenters. The summed E-state index contributed by atoms with van der Waals surface area (Å²) in [5.74, 6) is -0.0799. The van der Waals surface area contributed by atoms with Crippen LogP contribution in [0.3, 0.4) is 0 Å². The molecular weight excluding hydrogens is 301 g/mol. The molecule has 128 valence electrons. The minimum absolute atomic E-state index is 0.239. The molecule has 0 aliphatic carbocycles. The molecule has 0 N–H and O–H groups in total. The molecule has 8 heteroatoms. The van der Waals surface area contributed by atoms with E-state index in [0.29, 0.717) is 26.3 Å². The molecule has 1 amide bonds. The highest BCUT2D eigenvalue weighted by Crippen LogP contribution is 2.24. The second-order valence-electron chi connectivity index (χ2n) is 6.00. The maximum absolute atomic E-state index is 12.2. The van der Waals surface area contributed by atoms with Gasteiger partial charge in [0.25, 0.3) is 5.91 Å². The van der Waals surface area contributed by atoms with Gasteiger partial charge in [-0.15, -0.1) is 0 Å². The fourth-order valence-electron chi connectivity index (χ4n) is 3.06. The van der Waals surface area contributed by atoms with E-state index in [1.165, 1.54) is 6.92 Å². The number of rotatable bonds is 4. The quantitative estimate of drug-likeness (QED) is 0.778. The van der Waals surface area contributed by atoms with E-state index in [0.717, 1.165) is 13.1 Å². The van der Waals surface area contributed by atoms with Crippen LogP contribution in [-0.2, 0) is 14.3 Å². The standard InChI is InChI=1S/C14H23F3N2O3/c1-10-7-19(8-12(10)18-3-5-21-6-4-18)13(20)11(2)22-9-14(15,16)17/h10-12H,3-9H2,1-2H3. The molecule has 0 aromatic heterocycles. The Kier molecular flexibility index (Phi) is 5.68. The van der Waals surface area contributed by atoms with Crippen LogP contribution in [0.15, 0.2) is 0 Å². The van der Waals surface area contributed by atoms with E-state index in [1.807, 2.05) is 0 Å². The molecule has 2 aliphatic rings. The van der Waals surface area contributed by atoms with E-state index in [-0.39, 0.29) is 17.9 Å². The van der Waals surface area contributed by atoms with Crippen molar-refractivity contribution in [1.82, 2.24) is 9.80 Å². The van der Waals surface area contributed by atoms with Gasteiger partial charge in [-0.3, -0.25) is 9.69 Å². The number of amides is 1. The Balaban J connectivity index is 1.86. The summed E-state index contributed by atoms with van der Waals surface area (Å²) in [7, 11) is 0. The Bertz CT molecular complexity index is 386. The highest BCUT2D eigenvalue weighted by molar-refractivity contribution is 5.80. The molecule has 0 saturated carbocycles. The Hall–Kier alpha value is -0.860. The number of carbonyl (C=O) groups excluding carboxylic acids is 1. The Morgan fingerprint density at radius 1 is 1.32 bits per heavy atom. The summed E-state index contributed by atoms with van der Waals surface area (Å²) in [6.45, 7) is 6.17. The predicted octanol–water partition coefficient (Wildman–Crippen LogP) is 1.13. The van der Waals surface area contributed by atoms with Crippen molar-refractivity contribution in [3.63, 3.8) is 0 Å². The SMILES string of the molecule is CC(OCC(F)(F)F)C(=O)N1CC(C)C(N2CCOCC2)C1. The van der Waals surface area contributed by atoms with Crippen molar-refractivity contribution in [1.29, 1.82) is 0 Å². The third-order valence-corrected chi connectivity index (χ3v) is 4.24. The molecule has 0 bridgehead atoms. The lowest BCUT2D eigenvalue weighted by molar-refractivity contribution is -0.188. The number of carbonyl (C=O) groups is 1. The molecule has 2 saturated heterocycles. The van der Waals surface area contributed by atoms with Crippen LogP contribution in [0.25, 0.3) is 0 Å². The van der Waals surface area contributed by atoms with Gasteiger partial charge in [0.15, 0.2) is 0 Å². The van der Waals surface area contributed by atoms with Crippen LogP contribution < -0.4 is 0 Å². The van der Waals surface area contributed by atoms with Crippen molar-refractivity contribution in [2.75, 3.05) is 46.0 Å². The van der Waals surface area contributed by atoms with Crippen molar-refractivity contribution in [3.8, 4) is 0 Å². The van der Waals surface area contributed by atoms with Gasteiger partial charge in [-0.2, -0.15) is 13.2 Å². The van der Waals surface area contributed by atoms with E-state index in [1.54, 1.807) is 4.90 Å². The number of hydrogen-bond donors (Lipinski definition) is 0. The van der Waals surface area contributed by atoms with Gasteiger partial charge in [-0.25, -0.2) is 0 Å². The molecule has 3 unspecified atom stereocenters. The predicted molar refractivity (Wildman–Crippen MR) is 73.4 cm³/mol. The molecule has 2 rings (SSSR count). The van der Waals surface area contributed by atoms with Gasteiger partial charge >= 0.3 is 6.18 Å². The summed E-state index contributed by atoms with van der Waals surface area (Å²) in [5.41, 5.74) is 0. The van der Waals surface area contributed by atoms with Crippen LogP contribution in [0.4, 0.5) is 13.2 Å². The van der Waals surface area contributed by atoms with E-state index < -0.39 is 18.9 Å². The minimum atomic E-state index is -4.41. The summed E-state index contributed by atoms with van der Waals surface area (Å²) >= 11 is 0. The lowest BCUT2D eigenvalue weighted by atomic mass is 10.0. The molecule has 2 heterocycles. The summed E-state index contributed by atoms with van der Waals surface area (Å²) < 4.78 is 46.4. The highest BCUT2D eigenvalue weighted by atomic mass is 19.4. The van der Waals surface area contributed by atoms with E-state index >= 15 is 0 Å². The molecule has 22 heavy (non-hydrogen) atoms. The van der Waals surface area contributed by atoms with Gasteiger partial charge in [0.1, 0.15) is 12.7 Å². The topological polar surface area (TPSA) is 42.0 Å². The van der Waals surface area contributed by atoms with Crippen molar-refractivity contribution in [2.45, 2.75) is 32.2 Å². The number of nitrogens with zero attached hydrogens (tertiary/aromatic N) is 2. The van der Waals surface area contributed by atoms with Gasteiger partial charge in [-0.1, -0.05) is 6.92 Å². The van der Waals surface area contributed by atoms with Crippen LogP contribution in [0, 0.1) is 5.92 Å². The van der Waals surface area contributed by atoms with Gasteiger partial charge < -0.3 is 14.4 Å². The van der Waals surface area contributed by atoms with E-state index in [4.69, 9.17) is 4.74 Å². The maximum Gasteiger partial charge on any atom is 0.411 e. The first-order valence-electron chi connectivity index (χ1n) is 7.57. The Morgan fingerprint density at radius 3 is 2.55 bits per heavy atom. The number of alkyl halides is 3. The monoisotopic (exact) mass is 324 g/mol. The summed E-state index contributed by atoms with van der Waals surface area (Å²) in [4.78, 5) is 16.1. The number of hydrogen-bond acceptors (Lipinski definition) is 4. The van der Waals surface area contributed by atoms with Crippen molar-refractivity contribution in [3.05, 3.63) is 0 Å². The third kappa shape index (κ3) is 4.57. The first-order valence-corrected chi connectivity index (χ1v) is 7.57. The van der Waals surface area contributed by atoms with Crippen LogP contribution in [0.1, 0.15) is 13.8 Å². The van der Waals surface area contributed by atoms with Gasteiger partial charge in [0.05, 0.1) is 13.2 Å². The normalized spacial score (nSPS) is 28.9. The third-order valence-electron chi connectivity index (χ3n) is 4.24. The summed E-state index contributed by atoms with van der Waals surface area (Å²) in [6, 6.07) is 0.239. The van der Waals surface area contributed by atoms with E-state index in [2.05, 4.69) is 16.6 Å². The molecule has 0 radical (unpaired) electrons. The fourth-order valence-corrected chi connectivity index (χ4v) is 3.06. The van der Waals surface area contributed by atoms with E-state index in [9.17, 15) is 18.0 Å². The van der Waals surface area contributed by atoms with Gasteiger partial charge in [0, 0.05) is 32.2 Å². The zero-order chi connectivity index (χ0) is 16.3. The van der Waals surface area contributed by atoms with Crippen LogP contribution in [0.2, 0.25) is 0 Å². The Morgan fingerprint density at radius 2 is 1.95 bits per heavy atom. The van der Waals surface area contributed by atoms with Gasteiger partial charge in [0.2, 0.25) is 0 Å². The average molecular weight is 324 g/mol. The summed E-state index contributed by atoms with van der Waals surface area (Å²) in [6.07, 6.45) is -5.49. The molecule has 5 nitrogen and oxygen atoms in total. The number of halogens is 3. The molecule has 0 aromatic carbocycles. The molecule has 2 fully saturated rings. The first-order chi connectivity index (χ1) is 10.3. The first kappa shape index (κ1) is 17.5. The lowest BCUT2D eigenvalue weighted by Gasteiger charge is -2.34. The number of ether oxygens (including phenoxy) is 2. The van der Waals surface area contributed by atoms with Crippen LogP contribution in [-0.4, -0.2) is 80.0 Å². The zero-order valence-electron chi connectivity index (χ0n) is 12.9. The van der Waals surface area contributed by atoms with Crippen molar-refractivity contribution in [2.24, 2.45) is 5.92 Å². The molecule has 0 spiro atoms. The van der Waals surface area contributed by atoms with Crippen molar-refractivity contribution < 1.29 is 27.4 Å².